The van der Waals surface area contributed by atoms with Gasteiger partial charge in [-0.25, -0.2) is 4.98 Å². The Morgan fingerprint density at radius 3 is 2.11 bits per heavy atom. The summed E-state index contributed by atoms with van der Waals surface area (Å²) in [5, 5.41) is 2.79. The number of methoxy groups -OCH3 is 2. The van der Waals surface area contributed by atoms with Crippen molar-refractivity contribution in [2.75, 3.05) is 19.5 Å². The quantitative estimate of drug-likeness (QED) is 0.679. The van der Waals surface area contributed by atoms with Gasteiger partial charge in [0.05, 0.1) is 14.2 Å². The van der Waals surface area contributed by atoms with Gasteiger partial charge in [-0.15, -0.1) is 0 Å². The van der Waals surface area contributed by atoms with Crippen molar-refractivity contribution >= 4 is 17.4 Å². The highest BCUT2D eigenvalue weighted by Crippen LogP contribution is 2.23. The van der Waals surface area contributed by atoms with Crippen molar-refractivity contribution in [2.24, 2.45) is 7.05 Å². The molecule has 0 saturated heterocycles. The minimum absolute atomic E-state index is 0.182. The number of imidazole rings is 1. The predicted molar refractivity (Wildman–Crippen MR) is 101 cm³/mol. The number of carbonyl (C=O) groups is 2. The summed E-state index contributed by atoms with van der Waals surface area (Å²) in [5.41, 5.74) is 1.46. The first-order valence-electron chi connectivity index (χ1n) is 8.18. The van der Waals surface area contributed by atoms with Crippen LogP contribution in [0.2, 0.25) is 0 Å². The van der Waals surface area contributed by atoms with E-state index in [1.165, 1.54) is 14.2 Å². The van der Waals surface area contributed by atoms with Crippen LogP contribution in [0.1, 0.15) is 26.5 Å². The number of ketones is 1. The normalized spacial score (nSPS) is 10.3. The van der Waals surface area contributed by atoms with Crippen LogP contribution in [0.4, 0.5) is 5.69 Å². The summed E-state index contributed by atoms with van der Waals surface area (Å²) in [5.74, 6) is 0.912. The van der Waals surface area contributed by atoms with Crippen molar-refractivity contribution in [3.05, 3.63) is 71.8 Å². The number of anilines is 1. The standard InChI is InChI=1S/C20H19N3O4/c1-23-9-8-21-19(23)18(24)13-4-6-15(7-5-13)22-20(25)14-10-16(26-2)12-17(11-14)27-3/h4-12H,1-3H3,(H,22,25). The Balaban J connectivity index is 1.76. The molecule has 2 aromatic carbocycles. The van der Waals surface area contributed by atoms with Gasteiger partial charge >= 0.3 is 0 Å². The maximum absolute atomic E-state index is 12.5. The van der Waals surface area contributed by atoms with Crippen molar-refractivity contribution in [3.63, 3.8) is 0 Å². The van der Waals surface area contributed by atoms with Crippen LogP contribution in [0.3, 0.4) is 0 Å². The maximum Gasteiger partial charge on any atom is 0.255 e. The Bertz CT molecular complexity index is 955. The molecule has 7 heteroatoms. The first-order chi connectivity index (χ1) is 13.0. The van der Waals surface area contributed by atoms with E-state index in [1.54, 1.807) is 66.5 Å². The van der Waals surface area contributed by atoms with Gasteiger partial charge in [-0.05, 0) is 36.4 Å². The largest absolute Gasteiger partial charge is 0.497 e. The molecule has 0 fully saturated rings. The molecule has 138 valence electrons. The molecule has 0 saturated carbocycles. The Labute approximate surface area is 156 Å². The lowest BCUT2D eigenvalue weighted by Gasteiger charge is -2.10. The number of benzene rings is 2. The highest BCUT2D eigenvalue weighted by atomic mass is 16.5. The molecule has 0 unspecified atom stereocenters. The van der Waals surface area contributed by atoms with Gasteiger partial charge < -0.3 is 19.4 Å². The summed E-state index contributed by atoms with van der Waals surface area (Å²) in [6.07, 6.45) is 3.29. The lowest BCUT2D eigenvalue weighted by Crippen LogP contribution is -2.13. The third-order valence-corrected chi connectivity index (χ3v) is 4.04. The second kappa shape index (κ2) is 7.74. The van der Waals surface area contributed by atoms with Crippen molar-refractivity contribution in [3.8, 4) is 11.5 Å². The molecule has 0 spiro atoms. The SMILES string of the molecule is COc1cc(OC)cc(C(=O)Nc2ccc(C(=O)c3nccn3C)cc2)c1. The fourth-order valence-corrected chi connectivity index (χ4v) is 2.56. The predicted octanol–water partition coefficient (Wildman–Crippen LogP) is 2.92. The number of nitrogens with zero attached hydrogens (tertiary/aromatic N) is 2. The van der Waals surface area contributed by atoms with E-state index >= 15 is 0 Å². The molecular weight excluding hydrogens is 346 g/mol. The molecule has 3 aromatic rings. The lowest BCUT2D eigenvalue weighted by atomic mass is 10.1. The van der Waals surface area contributed by atoms with Crippen LogP contribution in [0.5, 0.6) is 11.5 Å². The Morgan fingerprint density at radius 1 is 0.963 bits per heavy atom. The second-order valence-corrected chi connectivity index (χ2v) is 5.82. The summed E-state index contributed by atoms with van der Waals surface area (Å²) >= 11 is 0. The van der Waals surface area contributed by atoms with E-state index < -0.39 is 0 Å². The van der Waals surface area contributed by atoms with Crippen molar-refractivity contribution < 1.29 is 19.1 Å². The lowest BCUT2D eigenvalue weighted by molar-refractivity contribution is 0.101. The van der Waals surface area contributed by atoms with Crippen molar-refractivity contribution in [1.29, 1.82) is 0 Å². The third kappa shape index (κ3) is 3.98. The smallest absolute Gasteiger partial charge is 0.255 e. The average molecular weight is 365 g/mol. The number of hydrogen-bond acceptors (Lipinski definition) is 5. The van der Waals surface area contributed by atoms with Crippen molar-refractivity contribution in [1.82, 2.24) is 9.55 Å². The summed E-state index contributed by atoms with van der Waals surface area (Å²) < 4.78 is 12.0. The van der Waals surface area contributed by atoms with E-state index in [-0.39, 0.29) is 11.7 Å². The van der Waals surface area contributed by atoms with E-state index in [0.717, 1.165) is 0 Å². The van der Waals surface area contributed by atoms with E-state index in [1.807, 2.05) is 0 Å². The fourth-order valence-electron chi connectivity index (χ4n) is 2.56. The summed E-state index contributed by atoms with van der Waals surface area (Å²) in [7, 11) is 4.80. The molecule has 0 aliphatic carbocycles. The molecule has 0 aliphatic heterocycles. The van der Waals surface area contributed by atoms with E-state index in [9.17, 15) is 9.59 Å². The van der Waals surface area contributed by atoms with Crippen LogP contribution in [-0.4, -0.2) is 35.5 Å². The van der Waals surface area contributed by atoms with Gasteiger partial charge in [-0.2, -0.15) is 0 Å². The van der Waals surface area contributed by atoms with Crippen LogP contribution in [0, 0.1) is 0 Å². The van der Waals surface area contributed by atoms with Crippen LogP contribution < -0.4 is 14.8 Å². The Kier molecular flexibility index (Phi) is 5.21. The van der Waals surface area contributed by atoms with E-state index in [4.69, 9.17) is 9.47 Å². The molecule has 27 heavy (non-hydrogen) atoms. The van der Waals surface area contributed by atoms with Crippen LogP contribution in [0.25, 0.3) is 0 Å². The van der Waals surface area contributed by atoms with Gasteiger partial charge in [-0.3, -0.25) is 9.59 Å². The monoisotopic (exact) mass is 365 g/mol. The average Bonchev–Trinajstić information content (AvgIpc) is 3.13. The first-order valence-corrected chi connectivity index (χ1v) is 8.18. The number of aryl methyl sites for hydroxylation is 1. The number of carbonyl (C=O) groups excluding carboxylic acids is 2. The van der Waals surface area contributed by atoms with Gasteiger partial charge in [0.25, 0.3) is 5.91 Å². The van der Waals surface area contributed by atoms with Crippen LogP contribution in [-0.2, 0) is 7.05 Å². The molecule has 7 nitrogen and oxygen atoms in total. The minimum Gasteiger partial charge on any atom is -0.497 e. The summed E-state index contributed by atoms with van der Waals surface area (Å²) in [6.45, 7) is 0. The zero-order valence-electron chi connectivity index (χ0n) is 15.2. The Hall–Kier alpha value is -3.61. The van der Waals surface area contributed by atoms with Gasteiger partial charge in [0.15, 0.2) is 5.82 Å². The van der Waals surface area contributed by atoms with Crippen LogP contribution >= 0.6 is 0 Å². The molecule has 1 amide bonds. The molecule has 1 N–H and O–H groups in total. The van der Waals surface area contributed by atoms with Gasteiger partial charge in [-0.1, -0.05) is 0 Å². The van der Waals surface area contributed by atoms with E-state index in [2.05, 4.69) is 10.3 Å². The highest BCUT2D eigenvalue weighted by molar-refractivity contribution is 6.08. The molecule has 1 heterocycles. The minimum atomic E-state index is -0.310. The molecule has 3 rings (SSSR count). The highest BCUT2D eigenvalue weighted by Gasteiger charge is 2.14. The molecule has 1 aromatic heterocycles. The van der Waals surface area contributed by atoms with E-state index in [0.29, 0.717) is 34.1 Å². The number of aromatic nitrogens is 2. The summed E-state index contributed by atoms with van der Waals surface area (Å²) in [4.78, 5) is 29.0. The van der Waals surface area contributed by atoms with Gasteiger partial charge in [0, 0.05) is 42.3 Å². The topological polar surface area (TPSA) is 82.4 Å². The molecule has 0 aliphatic rings. The van der Waals surface area contributed by atoms with Gasteiger partial charge in [0.2, 0.25) is 5.78 Å². The fraction of sp³-hybridized carbons (Fsp3) is 0.150. The van der Waals surface area contributed by atoms with Crippen molar-refractivity contribution in [2.45, 2.75) is 0 Å². The second-order valence-electron chi connectivity index (χ2n) is 5.82. The first kappa shape index (κ1) is 18.2. The van der Waals surface area contributed by atoms with Crippen LogP contribution in [0.15, 0.2) is 54.9 Å². The number of nitrogens with one attached hydrogen (secondary N) is 1. The zero-order chi connectivity index (χ0) is 19.4. The third-order valence-electron chi connectivity index (χ3n) is 4.04. The number of ether oxygens (including phenoxy) is 2. The maximum atomic E-state index is 12.5. The Morgan fingerprint density at radius 2 is 1.59 bits per heavy atom. The number of amides is 1. The number of rotatable bonds is 6. The molecule has 0 atom stereocenters. The molecular formula is C20H19N3O4. The van der Waals surface area contributed by atoms with Gasteiger partial charge in [0.1, 0.15) is 11.5 Å². The molecule has 0 radical (unpaired) electrons. The zero-order valence-corrected chi connectivity index (χ0v) is 15.2. The summed E-state index contributed by atoms with van der Waals surface area (Å²) in [6, 6.07) is 11.6. The molecule has 0 bridgehead atoms. The number of hydrogen-bond donors (Lipinski definition) is 1.